The minimum absolute atomic E-state index is 0.00940. The van der Waals surface area contributed by atoms with Gasteiger partial charge in [-0.05, 0) is 42.5 Å². The number of amides is 1. The van der Waals surface area contributed by atoms with Crippen molar-refractivity contribution >= 4 is 23.2 Å². The number of carbonyl (C=O) groups excluding carboxylic acids is 1. The molecule has 1 atom stereocenters. The van der Waals surface area contributed by atoms with Gasteiger partial charge in [0.25, 0.3) is 5.89 Å². The fourth-order valence-corrected chi connectivity index (χ4v) is 3.12. The molecule has 1 aliphatic rings. The van der Waals surface area contributed by atoms with Crippen LogP contribution in [-0.2, 0) is 4.79 Å². The highest BCUT2D eigenvalue weighted by atomic mass is 35.5. The van der Waals surface area contributed by atoms with E-state index < -0.39 is 0 Å². The molecule has 2 aromatic carbocycles. The van der Waals surface area contributed by atoms with Crippen molar-refractivity contribution in [1.82, 2.24) is 10.1 Å². The molecule has 0 aliphatic carbocycles. The largest absolute Gasteiger partial charge is 0.334 e. The molecule has 7 heteroatoms. The molecule has 0 saturated carbocycles. The quantitative estimate of drug-likeness (QED) is 0.706. The van der Waals surface area contributed by atoms with Crippen molar-refractivity contribution in [2.24, 2.45) is 0 Å². The number of carbonyl (C=O) groups is 1. The summed E-state index contributed by atoms with van der Waals surface area (Å²) in [6, 6.07) is 16.2. The number of nitriles is 1. The third-order valence-electron chi connectivity index (χ3n) is 4.31. The predicted octanol–water partition coefficient (Wildman–Crippen LogP) is 3.78. The van der Waals surface area contributed by atoms with Crippen LogP contribution >= 0.6 is 11.6 Å². The number of halogens is 1. The SMILES string of the molecule is N#Cc1cccc(-c2nc(C3CC(=O)N(c4ccc(Cl)cc4)C3)no2)c1. The summed E-state index contributed by atoms with van der Waals surface area (Å²) in [4.78, 5) is 18.5. The van der Waals surface area contributed by atoms with Crippen molar-refractivity contribution in [3.63, 3.8) is 0 Å². The van der Waals surface area contributed by atoms with Crippen LogP contribution in [-0.4, -0.2) is 22.6 Å². The molecule has 6 nitrogen and oxygen atoms in total. The highest BCUT2D eigenvalue weighted by Crippen LogP contribution is 2.32. The maximum atomic E-state index is 12.4. The first-order valence-electron chi connectivity index (χ1n) is 8.04. The maximum Gasteiger partial charge on any atom is 0.257 e. The first-order valence-corrected chi connectivity index (χ1v) is 8.42. The van der Waals surface area contributed by atoms with E-state index in [0.717, 1.165) is 5.69 Å². The highest BCUT2D eigenvalue weighted by molar-refractivity contribution is 6.30. The lowest BCUT2D eigenvalue weighted by atomic mass is 10.1. The molecule has 0 radical (unpaired) electrons. The fourth-order valence-electron chi connectivity index (χ4n) is 2.99. The van der Waals surface area contributed by atoms with Crippen LogP contribution in [0.3, 0.4) is 0 Å². The molecule has 1 unspecified atom stereocenters. The molecule has 0 spiro atoms. The van der Waals surface area contributed by atoms with Gasteiger partial charge in [-0.3, -0.25) is 4.79 Å². The molecular weight excluding hydrogens is 352 g/mol. The highest BCUT2D eigenvalue weighted by Gasteiger charge is 2.34. The molecule has 0 bridgehead atoms. The van der Waals surface area contributed by atoms with Crippen LogP contribution in [0.15, 0.2) is 53.1 Å². The lowest BCUT2D eigenvalue weighted by Crippen LogP contribution is -2.24. The number of hydrogen-bond acceptors (Lipinski definition) is 5. The summed E-state index contributed by atoms with van der Waals surface area (Å²) in [6.45, 7) is 0.484. The van der Waals surface area contributed by atoms with Crippen molar-refractivity contribution in [3.05, 3.63) is 64.9 Å². The zero-order valence-corrected chi connectivity index (χ0v) is 14.3. The minimum Gasteiger partial charge on any atom is -0.334 e. The lowest BCUT2D eigenvalue weighted by Gasteiger charge is -2.16. The van der Waals surface area contributed by atoms with Crippen molar-refractivity contribution in [1.29, 1.82) is 5.26 Å². The van der Waals surface area contributed by atoms with Crippen molar-refractivity contribution in [2.45, 2.75) is 12.3 Å². The zero-order chi connectivity index (χ0) is 18.1. The Balaban J connectivity index is 1.56. The molecule has 26 heavy (non-hydrogen) atoms. The van der Waals surface area contributed by atoms with Crippen LogP contribution in [0, 0.1) is 11.3 Å². The number of aromatic nitrogens is 2. The Bertz CT molecular complexity index is 1010. The van der Waals surface area contributed by atoms with E-state index in [1.807, 2.05) is 12.1 Å². The van der Waals surface area contributed by atoms with E-state index in [9.17, 15) is 4.79 Å². The molecule has 1 amide bonds. The Morgan fingerprint density at radius 2 is 2.04 bits per heavy atom. The van der Waals surface area contributed by atoms with Gasteiger partial charge in [-0.1, -0.05) is 22.8 Å². The third kappa shape index (κ3) is 3.05. The first-order chi connectivity index (χ1) is 12.6. The molecule has 2 heterocycles. The summed E-state index contributed by atoms with van der Waals surface area (Å²) in [7, 11) is 0. The third-order valence-corrected chi connectivity index (χ3v) is 4.56. The number of anilines is 1. The van der Waals surface area contributed by atoms with E-state index in [2.05, 4.69) is 16.2 Å². The van der Waals surface area contributed by atoms with Crippen LogP contribution in [0.2, 0.25) is 5.02 Å². The number of rotatable bonds is 3. The summed E-state index contributed by atoms with van der Waals surface area (Å²) in [6.07, 6.45) is 0.319. The topological polar surface area (TPSA) is 83.0 Å². The molecular formula is C19H13ClN4O2. The molecule has 128 valence electrons. The number of hydrogen-bond donors (Lipinski definition) is 0. The number of nitrogens with zero attached hydrogens (tertiary/aromatic N) is 4. The van der Waals surface area contributed by atoms with Crippen LogP contribution in [0.25, 0.3) is 11.5 Å². The van der Waals surface area contributed by atoms with E-state index >= 15 is 0 Å². The van der Waals surface area contributed by atoms with Gasteiger partial charge in [0, 0.05) is 35.2 Å². The first kappa shape index (κ1) is 16.3. The van der Waals surface area contributed by atoms with Crippen LogP contribution in [0.4, 0.5) is 5.69 Å². The Morgan fingerprint density at radius 3 is 2.81 bits per heavy atom. The second kappa shape index (κ2) is 6.62. The van der Waals surface area contributed by atoms with Gasteiger partial charge in [0.1, 0.15) is 0 Å². The van der Waals surface area contributed by atoms with Gasteiger partial charge < -0.3 is 9.42 Å². The fraction of sp³-hybridized carbons (Fsp3) is 0.158. The second-order valence-electron chi connectivity index (χ2n) is 6.03. The van der Waals surface area contributed by atoms with Crippen LogP contribution < -0.4 is 4.90 Å². The maximum absolute atomic E-state index is 12.4. The van der Waals surface area contributed by atoms with Crippen molar-refractivity contribution in [2.75, 3.05) is 11.4 Å². The van der Waals surface area contributed by atoms with Gasteiger partial charge in [0.05, 0.1) is 11.6 Å². The summed E-state index contributed by atoms with van der Waals surface area (Å²) in [5.41, 5.74) is 2.00. The molecule has 1 aromatic heterocycles. The van der Waals surface area contributed by atoms with Crippen molar-refractivity contribution < 1.29 is 9.32 Å². The Labute approximate surface area is 154 Å². The van der Waals surface area contributed by atoms with E-state index in [0.29, 0.717) is 40.8 Å². The zero-order valence-electron chi connectivity index (χ0n) is 13.6. The van der Waals surface area contributed by atoms with Crippen LogP contribution in [0.1, 0.15) is 23.7 Å². The van der Waals surface area contributed by atoms with Gasteiger partial charge in [-0.2, -0.15) is 10.2 Å². The minimum atomic E-state index is -0.144. The smallest absolute Gasteiger partial charge is 0.257 e. The average Bonchev–Trinajstić information content (AvgIpc) is 3.29. The number of benzene rings is 2. The van der Waals surface area contributed by atoms with E-state index in [1.165, 1.54) is 0 Å². The van der Waals surface area contributed by atoms with Gasteiger partial charge >= 0.3 is 0 Å². The molecule has 1 fully saturated rings. The standard InChI is InChI=1S/C19H13ClN4O2/c20-15-4-6-16(7-5-15)24-11-14(9-17(24)25)18-22-19(26-23-18)13-3-1-2-12(8-13)10-21/h1-8,14H,9,11H2. The Morgan fingerprint density at radius 1 is 1.23 bits per heavy atom. The van der Waals surface area contributed by atoms with Gasteiger partial charge in [-0.25, -0.2) is 0 Å². The molecule has 1 aliphatic heterocycles. The molecule has 0 N–H and O–H groups in total. The molecule has 3 aromatic rings. The van der Waals surface area contributed by atoms with Gasteiger partial charge in [0.15, 0.2) is 5.82 Å². The van der Waals surface area contributed by atoms with Crippen LogP contribution in [0.5, 0.6) is 0 Å². The summed E-state index contributed by atoms with van der Waals surface area (Å²) < 4.78 is 5.34. The molecule has 1 saturated heterocycles. The van der Waals surface area contributed by atoms with Gasteiger partial charge in [-0.15, -0.1) is 0 Å². The van der Waals surface area contributed by atoms with E-state index in [4.69, 9.17) is 21.4 Å². The second-order valence-corrected chi connectivity index (χ2v) is 6.47. The molecule has 4 rings (SSSR count). The summed E-state index contributed by atoms with van der Waals surface area (Å²) >= 11 is 5.91. The normalized spacial score (nSPS) is 16.7. The lowest BCUT2D eigenvalue weighted by molar-refractivity contribution is -0.117. The Kier molecular flexibility index (Phi) is 4.15. The van der Waals surface area contributed by atoms with Gasteiger partial charge in [0.2, 0.25) is 5.91 Å². The predicted molar refractivity (Wildman–Crippen MR) is 95.6 cm³/mol. The summed E-state index contributed by atoms with van der Waals surface area (Å²) in [5, 5.41) is 13.7. The monoisotopic (exact) mass is 364 g/mol. The van der Waals surface area contributed by atoms with Crippen molar-refractivity contribution in [3.8, 4) is 17.5 Å². The van der Waals surface area contributed by atoms with E-state index in [-0.39, 0.29) is 11.8 Å². The average molecular weight is 365 g/mol. The van der Waals surface area contributed by atoms with E-state index in [1.54, 1.807) is 41.3 Å². The Hall–Kier alpha value is -3.17. The summed E-state index contributed by atoms with van der Waals surface area (Å²) in [5.74, 6) is 0.701.